The van der Waals surface area contributed by atoms with E-state index < -0.39 is 0 Å². The number of phenolic OH excluding ortho intramolecular Hbond substituents is 1. The number of hydrogen-bond donors (Lipinski definition) is 2. The molecule has 1 unspecified atom stereocenters. The van der Waals surface area contributed by atoms with Crippen molar-refractivity contribution in [2.75, 3.05) is 42.6 Å². The fourth-order valence-corrected chi connectivity index (χ4v) is 8.45. The van der Waals surface area contributed by atoms with E-state index in [2.05, 4.69) is 41.3 Å². The zero-order chi connectivity index (χ0) is 38.1. The Morgan fingerprint density at radius 2 is 1.67 bits per heavy atom. The standard InChI is InChI=1S/C39H39N9O5.C2H6/c49-34-7-2-1-4-28(34)30-20-33-29(43-44-30)14-15-48(33)39-40-21-26(22-41-39)46-17-16-45(23-36(46)51)25-10-8-24(9-11-25)27-5-3-6-31-37(27)53-19-18-47(31)32-12-13-35(50)42-38(32)52;1-2/h1-7,14-15,20-22,24-25,32,49H,8-13,16-19,23H2,(H,42,50,52);1-2H3. The number of piperazine rings is 1. The molecule has 0 bridgehead atoms. The van der Waals surface area contributed by atoms with Gasteiger partial charge in [-0.15, -0.1) is 10.2 Å². The molecule has 2 aromatic carbocycles. The summed E-state index contributed by atoms with van der Waals surface area (Å²) in [5.41, 5.74) is 5.31. The topological polar surface area (TPSA) is 159 Å². The van der Waals surface area contributed by atoms with Crippen molar-refractivity contribution in [2.24, 2.45) is 0 Å². The average Bonchev–Trinajstić information content (AvgIpc) is 3.65. The van der Waals surface area contributed by atoms with Crippen molar-refractivity contribution in [3.05, 3.63) is 78.8 Å². The monoisotopic (exact) mass is 743 g/mol. The minimum absolute atomic E-state index is 0.0304. The number of nitrogens with one attached hydrogen (secondary N) is 1. The van der Waals surface area contributed by atoms with Crippen molar-refractivity contribution in [1.82, 2.24) is 34.9 Å². The zero-order valence-corrected chi connectivity index (χ0v) is 31.1. The number of aromatic nitrogens is 5. The third-order valence-corrected chi connectivity index (χ3v) is 11.2. The summed E-state index contributed by atoms with van der Waals surface area (Å²) in [5, 5.41) is 21.4. The van der Waals surface area contributed by atoms with Gasteiger partial charge in [-0.1, -0.05) is 38.1 Å². The van der Waals surface area contributed by atoms with Gasteiger partial charge in [-0.3, -0.25) is 29.2 Å². The molecule has 4 aliphatic rings. The van der Waals surface area contributed by atoms with Gasteiger partial charge in [-0.05, 0) is 73.9 Å². The highest BCUT2D eigenvalue weighted by molar-refractivity contribution is 6.02. The highest BCUT2D eigenvalue weighted by atomic mass is 16.5. The molecule has 6 heterocycles. The van der Waals surface area contributed by atoms with Gasteiger partial charge < -0.3 is 19.6 Å². The first-order valence-electron chi connectivity index (χ1n) is 19.3. The largest absolute Gasteiger partial charge is 0.507 e. The molecule has 0 radical (unpaired) electrons. The Bertz CT molecular complexity index is 2220. The van der Waals surface area contributed by atoms with Gasteiger partial charge >= 0.3 is 0 Å². The zero-order valence-electron chi connectivity index (χ0n) is 31.1. The summed E-state index contributed by atoms with van der Waals surface area (Å²) < 4.78 is 8.06. The van der Waals surface area contributed by atoms with Crippen LogP contribution in [0.2, 0.25) is 0 Å². The van der Waals surface area contributed by atoms with Crippen LogP contribution in [0.15, 0.2) is 73.2 Å². The summed E-state index contributed by atoms with van der Waals surface area (Å²) in [5.74, 6) is 1.34. The molecule has 55 heavy (non-hydrogen) atoms. The Kier molecular flexibility index (Phi) is 10.1. The molecule has 2 saturated heterocycles. The number of carbonyl (C=O) groups is 3. The van der Waals surface area contributed by atoms with Gasteiger partial charge in [-0.2, -0.15) is 0 Å². The number of ether oxygens (including phenoxy) is 1. The molecule has 14 heteroatoms. The second-order valence-corrected chi connectivity index (χ2v) is 14.2. The third kappa shape index (κ3) is 6.97. The van der Waals surface area contributed by atoms with Crippen LogP contribution in [0.25, 0.3) is 28.2 Å². The third-order valence-electron chi connectivity index (χ3n) is 11.2. The maximum absolute atomic E-state index is 13.5. The van der Waals surface area contributed by atoms with E-state index in [-0.39, 0.29) is 29.5 Å². The Morgan fingerprint density at radius 1 is 0.873 bits per heavy atom. The van der Waals surface area contributed by atoms with Gasteiger partial charge in [0, 0.05) is 37.3 Å². The first kappa shape index (κ1) is 36.1. The number of aromatic hydroxyl groups is 1. The maximum Gasteiger partial charge on any atom is 0.249 e. The van der Waals surface area contributed by atoms with Crippen LogP contribution in [0.3, 0.4) is 0 Å². The highest BCUT2D eigenvalue weighted by Gasteiger charge is 2.37. The van der Waals surface area contributed by atoms with E-state index >= 15 is 0 Å². The second kappa shape index (κ2) is 15.5. The van der Waals surface area contributed by atoms with Crippen LogP contribution >= 0.6 is 0 Å². The predicted molar refractivity (Wildman–Crippen MR) is 207 cm³/mol. The number of carbonyl (C=O) groups excluding carboxylic acids is 3. The van der Waals surface area contributed by atoms with E-state index in [1.54, 1.807) is 35.5 Å². The fraction of sp³-hybridized carbons (Fsp3) is 0.390. The van der Waals surface area contributed by atoms with Gasteiger partial charge in [0.2, 0.25) is 23.7 Å². The molecule has 2 N–H and O–H groups in total. The van der Waals surface area contributed by atoms with E-state index in [9.17, 15) is 19.5 Å². The molecule has 9 rings (SSSR count). The Balaban J connectivity index is 0.00000210. The number of para-hydroxylation sites is 2. The predicted octanol–water partition coefficient (Wildman–Crippen LogP) is 4.99. The van der Waals surface area contributed by atoms with Crippen LogP contribution in [0.5, 0.6) is 11.5 Å². The number of rotatable bonds is 6. The second-order valence-electron chi connectivity index (χ2n) is 14.2. The van der Waals surface area contributed by atoms with Crippen molar-refractivity contribution < 1.29 is 24.2 Å². The Morgan fingerprint density at radius 3 is 2.44 bits per heavy atom. The number of piperidine rings is 1. The van der Waals surface area contributed by atoms with E-state index in [0.717, 1.165) is 49.2 Å². The molecular weight excluding hydrogens is 699 g/mol. The number of imide groups is 1. The molecule has 3 fully saturated rings. The first-order chi connectivity index (χ1) is 26.9. The Labute approximate surface area is 319 Å². The van der Waals surface area contributed by atoms with Crippen LogP contribution < -0.4 is 19.9 Å². The van der Waals surface area contributed by atoms with Gasteiger partial charge in [0.1, 0.15) is 29.7 Å². The smallest absolute Gasteiger partial charge is 0.249 e. The lowest BCUT2D eigenvalue weighted by Gasteiger charge is -2.42. The van der Waals surface area contributed by atoms with Gasteiger partial charge in [-0.25, -0.2) is 9.97 Å². The molecule has 1 aliphatic carbocycles. The number of benzene rings is 2. The summed E-state index contributed by atoms with van der Waals surface area (Å²) in [6, 6.07) is 16.8. The molecule has 14 nitrogen and oxygen atoms in total. The quantitative estimate of drug-likeness (QED) is 0.226. The number of hydrogen-bond acceptors (Lipinski definition) is 11. The molecule has 3 aromatic heterocycles. The number of fused-ring (bicyclic) bond motifs is 2. The summed E-state index contributed by atoms with van der Waals surface area (Å²) in [7, 11) is 0. The maximum atomic E-state index is 13.5. The highest BCUT2D eigenvalue weighted by Crippen LogP contribution is 2.45. The first-order valence-corrected chi connectivity index (χ1v) is 19.3. The van der Waals surface area contributed by atoms with Crippen LogP contribution in [0, 0.1) is 0 Å². The molecule has 1 atom stereocenters. The van der Waals surface area contributed by atoms with Crippen LogP contribution in [-0.2, 0) is 14.4 Å². The lowest BCUT2D eigenvalue weighted by Crippen LogP contribution is -2.54. The van der Waals surface area contributed by atoms with Crippen LogP contribution in [-0.4, -0.2) is 97.3 Å². The minimum atomic E-state index is -0.372. The minimum Gasteiger partial charge on any atom is -0.507 e. The summed E-state index contributed by atoms with van der Waals surface area (Å²) >= 11 is 0. The Hall–Kier alpha value is -5.89. The average molecular weight is 744 g/mol. The molecule has 3 amide bonds. The summed E-state index contributed by atoms with van der Waals surface area (Å²) in [4.78, 5) is 53.4. The lowest BCUT2D eigenvalue weighted by atomic mass is 9.80. The lowest BCUT2D eigenvalue weighted by molar-refractivity contribution is -0.134. The van der Waals surface area contributed by atoms with Gasteiger partial charge in [0.25, 0.3) is 0 Å². The van der Waals surface area contributed by atoms with Crippen LogP contribution in [0.4, 0.5) is 11.4 Å². The van der Waals surface area contributed by atoms with E-state index in [1.165, 1.54) is 5.56 Å². The van der Waals surface area contributed by atoms with E-state index in [4.69, 9.17) is 4.74 Å². The van der Waals surface area contributed by atoms with Gasteiger partial charge in [0.15, 0.2) is 0 Å². The number of amides is 3. The molecule has 3 aliphatic heterocycles. The number of nitrogens with zero attached hydrogens (tertiary/aromatic N) is 8. The fourth-order valence-electron chi connectivity index (χ4n) is 8.45. The van der Waals surface area contributed by atoms with Gasteiger partial charge in [0.05, 0.1) is 48.1 Å². The van der Waals surface area contributed by atoms with Crippen molar-refractivity contribution in [3.63, 3.8) is 0 Å². The normalized spacial score (nSPS) is 21.7. The SMILES string of the molecule is CC.O=C1CCC(N2CCOc3c(C4CCC(N5CCN(c6cnc(-n7ccc8nnc(-c9ccccc9O)cc87)nc6)C(=O)C5)CC4)cccc32)C(=O)N1. The molecule has 0 spiro atoms. The number of anilines is 2. The number of phenols is 1. The van der Waals surface area contributed by atoms with Crippen molar-refractivity contribution >= 4 is 40.1 Å². The van der Waals surface area contributed by atoms with Crippen LogP contribution in [0.1, 0.15) is 63.9 Å². The van der Waals surface area contributed by atoms with Crippen molar-refractivity contribution in [3.8, 4) is 28.7 Å². The van der Waals surface area contributed by atoms with E-state index in [0.29, 0.717) is 79.5 Å². The molecule has 5 aromatic rings. The summed E-state index contributed by atoms with van der Waals surface area (Å²) in [6.07, 6.45) is 10.0. The summed E-state index contributed by atoms with van der Waals surface area (Å²) in [6.45, 7) is 6.77. The van der Waals surface area contributed by atoms with E-state index in [1.807, 2.05) is 54.9 Å². The molecule has 1 saturated carbocycles. The van der Waals surface area contributed by atoms with Crippen molar-refractivity contribution in [2.45, 2.75) is 70.4 Å². The molecular formula is C41H45N9O5. The molecule has 284 valence electrons. The van der Waals surface area contributed by atoms with Crippen molar-refractivity contribution in [1.29, 1.82) is 0 Å².